The standard InChI is InChI=1S/C9H16N3/c1-11(2)8-12-5-3-9(7-10)4-6-12/h9H,1,3-6,8H2,2H3/q+1. The van der Waals surface area contributed by atoms with Gasteiger partial charge in [0.05, 0.1) is 6.07 Å². The van der Waals surface area contributed by atoms with Crippen molar-refractivity contribution in [1.82, 2.24) is 4.90 Å². The van der Waals surface area contributed by atoms with Crippen LogP contribution in [0.25, 0.3) is 0 Å². The minimum Gasteiger partial charge on any atom is -0.248 e. The summed E-state index contributed by atoms with van der Waals surface area (Å²) in [5.74, 6) is 0.288. The van der Waals surface area contributed by atoms with Crippen molar-refractivity contribution < 1.29 is 4.58 Å². The SMILES string of the molecule is C=[N+](C)CN1CCC(C#N)CC1. The molecule has 3 nitrogen and oxygen atoms in total. The maximum atomic E-state index is 8.67. The predicted octanol–water partition coefficient (Wildman–Crippen LogP) is 0.522. The van der Waals surface area contributed by atoms with Crippen molar-refractivity contribution in [2.45, 2.75) is 12.8 Å². The number of rotatable bonds is 2. The zero-order valence-corrected chi connectivity index (χ0v) is 7.66. The van der Waals surface area contributed by atoms with Crippen molar-refractivity contribution in [3.05, 3.63) is 0 Å². The highest BCUT2D eigenvalue weighted by Gasteiger charge is 2.19. The highest BCUT2D eigenvalue weighted by Crippen LogP contribution is 2.15. The number of nitriles is 1. The summed E-state index contributed by atoms with van der Waals surface area (Å²) in [4.78, 5) is 2.33. The molecule has 3 heteroatoms. The Kier molecular flexibility index (Phi) is 3.24. The molecule has 1 saturated heterocycles. The van der Waals surface area contributed by atoms with Crippen molar-refractivity contribution in [2.24, 2.45) is 5.92 Å². The summed E-state index contributed by atoms with van der Waals surface area (Å²) in [7, 11) is 1.97. The fourth-order valence-electron chi connectivity index (χ4n) is 1.54. The summed E-state index contributed by atoms with van der Waals surface area (Å²) < 4.78 is 1.92. The third-order valence-electron chi connectivity index (χ3n) is 2.21. The summed E-state index contributed by atoms with van der Waals surface area (Å²) in [5.41, 5.74) is 0. The number of nitrogens with zero attached hydrogens (tertiary/aromatic N) is 3. The van der Waals surface area contributed by atoms with Gasteiger partial charge < -0.3 is 0 Å². The van der Waals surface area contributed by atoms with E-state index < -0.39 is 0 Å². The molecule has 0 aromatic rings. The van der Waals surface area contributed by atoms with Gasteiger partial charge in [0.15, 0.2) is 6.67 Å². The third-order valence-corrected chi connectivity index (χ3v) is 2.21. The Bertz CT molecular complexity index is 196. The first kappa shape index (κ1) is 9.21. The number of likely N-dealkylation sites (tertiary alicyclic amines) is 1. The molecule has 66 valence electrons. The molecular formula is C9H16N3+. The van der Waals surface area contributed by atoms with Gasteiger partial charge >= 0.3 is 0 Å². The van der Waals surface area contributed by atoms with E-state index in [1.54, 1.807) is 0 Å². The van der Waals surface area contributed by atoms with Gasteiger partial charge in [-0.15, -0.1) is 0 Å². The highest BCUT2D eigenvalue weighted by atomic mass is 15.2. The largest absolute Gasteiger partial charge is 0.248 e. The van der Waals surface area contributed by atoms with Gasteiger partial charge in [0.25, 0.3) is 0 Å². The quantitative estimate of drug-likeness (QED) is 0.442. The van der Waals surface area contributed by atoms with Gasteiger partial charge in [-0.25, -0.2) is 9.48 Å². The van der Waals surface area contributed by atoms with Crippen molar-refractivity contribution >= 4 is 6.72 Å². The van der Waals surface area contributed by atoms with E-state index in [2.05, 4.69) is 17.7 Å². The van der Waals surface area contributed by atoms with Crippen LogP contribution in [-0.4, -0.2) is 43.0 Å². The first-order chi connectivity index (χ1) is 5.72. The second-order valence-electron chi connectivity index (χ2n) is 3.52. The Balaban J connectivity index is 2.27. The zero-order chi connectivity index (χ0) is 8.97. The van der Waals surface area contributed by atoms with Crippen LogP contribution in [0.1, 0.15) is 12.8 Å². The van der Waals surface area contributed by atoms with Crippen molar-refractivity contribution in [2.75, 3.05) is 26.8 Å². The van der Waals surface area contributed by atoms with Gasteiger partial charge in [-0.05, 0) is 12.8 Å². The Morgan fingerprint density at radius 2 is 2.17 bits per heavy atom. The molecule has 1 rings (SSSR count). The summed E-state index contributed by atoms with van der Waals surface area (Å²) in [6.45, 7) is 6.79. The fourth-order valence-corrected chi connectivity index (χ4v) is 1.54. The Morgan fingerprint density at radius 3 is 2.58 bits per heavy atom. The van der Waals surface area contributed by atoms with E-state index in [0.717, 1.165) is 32.6 Å². The molecule has 0 aromatic heterocycles. The summed E-state index contributed by atoms with van der Waals surface area (Å²) in [6, 6.07) is 2.32. The topological polar surface area (TPSA) is 30.0 Å². The minimum atomic E-state index is 0.288. The van der Waals surface area contributed by atoms with E-state index in [0.29, 0.717) is 0 Å². The molecule has 1 fully saturated rings. The van der Waals surface area contributed by atoms with Crippen LogP contribution in [-0.2, 0) is 0 Å². The molecule has 0 aromatic carbocycles. The molecule has 0 unspecified atom stereocenters. The molecule has 0 atom stereocenters. The van der Waals surface area contributed by atoms with Crippen molar-refractivity contribution in [1.29, 1.82) is 5.26 Å². The van der Waals surface area contributed by atoms with Gasteiger partial charge in [-0.3, -0.25) is 0 Å². The number of piperidine rings is 1. The Hall–Kier alpha value is -0.880. The van der Waals surface area contributed by atoms with Crippen molar-refractivity contribution in [3.8, 4) is 6.07 Å². The van der Waals surface area contributed by atoms with Crippen LogP contribution in [0, 0.1) is 17.2 Å². The molecule has 0 spiro atoms. The summed E-state index contributed by atoms with van der Waals surface area (Å²) >= 11 is 0. The second-order valence-corrected chi connectivity index (χ2v) is 3.52. The first-order valence-electron chi connectivity index (χ1n) is 4.36. The zero-order valence-electron chi connectivity index (χ0n) is 7.66. The lowest BCUT2D eigenvalue weighted by molar-refractivity contribution is -0.512. The smallest absolute Gasteiger partial charge is 0.198 e. The van der Waals surface area contributed by atoms with Gasteiger partial charge in [0.2, 0.25) is 0 Å². The molecule has 0 saturated carbocycles. The normalized spacial score (nSPS) is 20.3. The van der Waals surface area contributed by atoms with Gasteiger partial charge in [0.1, 0.15) is 13.8 Å². The van der Waals surface area contributed by atoms with Crippen LogP contribution >= 0.6 is 0 Å². The molecule has 0 aliphatic carbocycles. The molecule has 0 amide bonds. The van der Waals surface area contributed by atoms with Crippen LogP contribution in [0.4, 0.5) is 0 Å². The lowest BCUT2D eigenvalue weighted by Crippen LogP contribution is -2.37. The lowest BCUT2D eigenvalue weighted by atomic mass is 9.99. The van der Waals surface area contributed by atoms with Crippen LogP contribution in [0.15, 0.2) is 0 Å². The maximum Gasteiger partial charge on any atom is 0.198 e. The van der Waals surface area contributed by atoms with Gasteiger partial charge in [-0.2, -0.15) is 5.26 Å². The van der Waals surface area contributed by atoms with Crippen LogP contribution < -0.4 is 0 Å². The number of hydrogen-bond acceptors (Lipinski definition) is 2. The van der Waals surface area contributed by atoms with Gasteiger partial charge in [0, 0.05) is 19.0 Å². The van der Waals surface area contributed by atoms with E-state index in [9.17, 15) is 0 Å². The maximum absolute atomic E-state index is 8.67. The Morgan fingerprint density at radius 1 is 1.58 bits per heavy atom. The molecule has 1 aliphatic heterocycles. The molecule has 0 N–H and O–H groups in total. The molecule has 12 heavy (non-hydrogen) atoms. The molecule has 1 heterocycles. The molecule has 0 radical (unpaired) electrons. The van der Waals surface area contributed by atoms with E-state index >= 15 is 0 Å². The average molecular weight is 166 g/mol. The molecular weight excluding hydrogens is 150 g/mol. The second kappa shape index (κ2) is 4.22. The summed E-state index contributed by atoms with van der Waals surface area (Å²) in [5, 5.41) is 8.67. The van der Waals surface area contributed by atoms with E-state index in [1.165, 1.54) is 0 Å². The molecule has 1 aliphatic rings. The minimum absolute atomic E-state index is 0.288. The summed E-state index contributed by atoms with van der Waals surface area (Å²) in [6.07, 6.45) is 2.04. The molecule has 0 bridgehead atoms. The van der Waals surface area contributed by atoms with E-state index in [1.807, 2.05) is 11.6 Å². The van der Waals surface area contributed by atoms with Crippen LogP contribution in [0.5, 0.6) is 0 Å². The monoisotopic (exact) mass is 166 g/mol. The van der Waals surface area contributed by atoms with Crippen LogP contribution in [0.3, 0.4) is 0 Å². The van der Waals surface area contributed by atoms with E-state index in [4.69, 9.17) is 5.26 Å². The van der Waals surface area contributed by atoms with E-state index in [-0.39, 0.29) is 5.92 Å². The first-order valence-corrected chi connectivity index (χ1v) is 4.36. The predicted molar refractivity (Wildman–Crippen MR) is 48.1 cm³/mol. The van der Waals surface area contributed by atoms with Crippen molar-refractivity contribution in [3.63, 3.8) is 0 Å². The Labute approximate surface area is 73.9 Å². The van der Waals surface area contributed by atoms with Gasteiger partial charge in [-0.1, -0.05) is 0 Å². The lowest BCUT2D eigenvalue weighted by Gasteiger charge is -2.26. The number of hydrogen-bond donors (Lipinski definition) is 0. The third kappa shape index (κ3) is 2.63. The average Bonchev–Trinajstić information content (AvgIpc) is 2.05. The fraction of sp³-hybridized carbons (Fsp3) is 0.778. The van der Waals surface area contributed by atoms with Crippen LogP contribution in [0.2, 0.25) is 0 Å². The highest BCUT2D eigenvalue weighted by molar-refractivity contribution is 5.13.